The molecule has 1 fully saturated rings. The number of anilines is 2. The van der Waals surface area contributed by atoms with E-state index in [9.17, 15) is 4.79 Å². The monoisotopic (exact) mass is 493 g/mol. The number of rotatable bonds is 9. The van der Waals surface area contributed by atoms with Gasteiger partial charge in [-0.15, -0.1) is 0 Å². The fourth-order valence-corrected chi connectivity index (χ4v) is 5.39. The first kappa shape index (κ1) is 24.8. The number of aryl methyl sites for hydroxylation is 1. The largest absolute Gasteiger partial charge is 0.398 e. The maximum Gasteiger partial charge on any atom is 0.240 e. The summed E-state index contributed by atoms with van der Waals surface area (Å²) < 4.78 is 2.28. The van der Waals surface area contributed by atoms with Gasteiger partial charge in [-0.3, -0.25) is 0 Å². The maximum absolute atomic E-state index is 11.3. The molecule has 0 unspecified atom stereocenters. The molecular formula is C31H35N5O. The molecule has 5 rings (SSSR count). The van der Waals surface area contributed by atoms with Crippen LogP contribution in [0.3, 0.4) is 0 Å². The molecule has 0 radical (unpaired) electrons. The Bertz CT molecular complexity index is 1410. The molecule has 1 heterocycles. The van der Waals surface area contributed by atoms with E-state index in [1.54, 1.807) is 6.08 Å². The van der Waals surface area contributed by atoms with E-state index >= 15 is 0 Å². The van der Waals surface area contributed by atoms with E-state index in [-0.39, 0.29) is 0 Å². The van der Waals surface area contributed by atoms with Crippen LogP contribution in [-0.2, 0) is 17.8 Å². The van der Waals surface area contributed by atoms with Gasteiger partial charge in [-0.1, -0.05) is 75.1 Å². The average molecular weight is 494 g/mol. The number of unbranched alkanes of at least 4 members (excludes halogenated alkanes) is 1. The predicted octanol–water partition coefficient (Wildman–Crippen LogP) is 7.39. The molecule has 4 aromatic rings. The Balaban J connectivity index is 1.53. The number of aromatic nitrogens is 2. The van der Waals surface area contributed by atoms with Crippen LogP contribution in [0.2, 0.25) is 0 Å². The summed E-state index contributed by atoms with van der Waals surface area (Å²) in [6, 6.07) is 21.1. The Morgan fingerprint density at radius 1 is 1.08 bits per heavy atom. The van der Waals surface area contributed by atoms with E-state index in [2.05, 4.69) is 52.1 Å². The minimum Gasteiger partial charge on any atom is -0.398 e. The van der Waals surface area contributed by atoms with Gasteiger partial charge >= 0.3 is 0 Å². The molecule has 1 aromatic heterocycles. The maximum atomic E-state index is 11.3. The number of nitrogen functional groups attached to an aromatic ring is 1. The minimum atomic E-state index is 0.452. The molecule has 0 aliphatic heterocycles. The number of nitrogens with one attached hydrogen (secondary N) is 1. The van der Waals surface area contributed by atoms with E-state index in [0.29, 0.717) is 18.3 Å². The quantitative estimate of drug-likeness (QED) is 0.145. The summed E-state index contributed by atoms with van der Waals surface area (Å²) in [5.41, 5.74) is 13.6. The average Bonchev–Trinajstić information content (AvgIpc) is 3.26. The van der Waals surface area contributed by atoms with Crippen LogP contribution in [0.5, 0.6) is 0 Å². The number of nitrogens with two attached hydrogens (primary N) is 1. The first-order valence-corrected chi connectivity index (χ1v) is 13.5. The number of isocyanates is 1. The van der Waals surface area contributed by atoms with Crippen molar-refractivity contribution in [3.05, 3.63) is 72.1 Å². The number of fused-ring (bicyclic) bond motifs is 1. The molecule has 6 heteroatoms. The molecule has 190 valence electrons. The van der Waals surface area contributed by atoms with Crippen molar-refractivity contribution in [1.82, 2.24) is 9.55 Å². The summed E-state index contributed by atoms with van der Waals surface area (Å²) in [6.07, 6.45) is 10.9. The second kappa shape index (κ2) is 11.4. The van der Waals surface area contributed by atoms with Gasteiger partial charge in [0.2, 0.25) is 6.08 Å². The Morgan fingerprint density at radius 2 is 1.86 bits per heavy atom. The summed E-state index contributed by atoms with van der Waals surface area (Å²) in [6.45, 7) is 2.88. The predicted molar refractivity (Wildman–Crippen MR) is 152 cm³/mol. The van der Waals surface area contributed by atoms with E-state index < -0.39 is 0 Å². The van der Waals surface area contributed by atoms with Crippen molar-refractivity contribution in [2.75, 3.05) is 11.1 Å². The van der Waals surface area contributed by atoms with Crippen molar-refractivity contribution in [2.45, 2.75) is 70.9 Å². The van der Waals surface area contributed by atoms with Gasteiger partial charge in [0.15, 0.2) is 0 Å². The zero-order valence-corrected chi connectivity index (χ0v) is 21.5. The third-order valence-corrected chi connectivity index (χ3v) is 7.38. The van der Waals surface area contributed by atoms with Crippen molar-refractivity contribution in [2.24, 2.45) is 4.99 Å². The Morgan fingerprint density at radius 3 is 2.59 bits per heavy atom. The van der Waals surface area contributed by atoms with Gasteiger partial charge in [0.25, 0.3) is 0 Å². The number of imidazole rings is 1. The third kappa shape index (κ3) is 5.60. The van der Waals surface area contributed by atoms with Crippen LogP contribution >= 0.6 is 0 Å². The molecule has 1 aliphatic rings. The van der Waals surface area contributed by atoms with Gasteiger partial charge < -0.3 is 15.6 Å². The van der Waals surface area contributed by atoms with Crippen molar-refractivity contribution < 1.29 is 4.79 Å². The zero-order valence-electron chi connectivity index (χ0n) is 21.5. The van der Waals surface area contributed by atoms with Crippen molar-refractivity contribution >= 4 is 34.2 Å². The highest BCUT2D eigenvalue weighted by Crippen LogP contribution is 2.33. The molecule has 6 nitrogen and oxygen atoms in total. The molecule has 0 amide bonds. The van der Waals surface area contributed by atoms with Gasteiger partial charge in [-0.25, -0.2) is 9.78 Å². The van der Waals surface area contributed by atoms with Gasteiger partial charge in [0.05, 0.1) is 5.52 Å². The second-order valence-electron chi connectivity index (χ2n) is 10.0. The summed E-state index contributed by atoms with van der Waals surface area (Å²) >= 11 is 0. The summed E-state index contributed by atoms with van der Waals surface area (Å²) in [4.78, 5) is 20.3. The highest BCUT2D eigenvalue weighted by Gasteiger charge is 2.18. The number of nitrogens with zero attached hydrogens (tertiary/aromatic N) is 3. The molecule has 0 saturated heterocycles. The van der Waals surface area contributed by atoms with Crippen molar-refractivity contribution in [1.29, 1.82) is 0 Å². The number of aliphatic imine (C=N–C) groups is 1. The number of carbonyl (C=O) groups excluding carboxylic acids is 1. The van der Waals surface area contributed by atoms with Crippen LogP contribution in [0.4, 0.5) is 17.1 Å². The number of para-hydroxylation sites is 1. The van der Waals surface area contributed by atoms with Crippen molar-refractivity contribution in [3.63, 3.8) is 0 Å². The van der Waals surface area contributed by atoms with Crippen LogP contribution < -0.4 is 11.1 Å². The number of benzene rings is 3. The lowest BCUT2D eigenvalue weighted by molar-refractivity contribution is 0.463. The Kier molecular flexibility index (Phi) is 7.67. The highest BCUT2D eigenvalue weighted by atomic mass is 16.1. The lowest BCUT2D eigenvalue weighted by Crippen LogP contribution is -2.22. The van der Waals surface area contributed by atoms with Crippen LogP contribution in [-0.4, -0.2) is 21.7 Å². The standard InChI is InChI=1S/C31H35N5O/c1-2-3-13-30-35-31-28(33-21-37)18-25(34-24-9-5-4-6-10-24)19-29(31)36(30)20-22-14-16-23(17-15-22)26-11-7-8-12-27(26)32/h7-8,11-12,14-19,24,34H,2-6,9-10,13,20,32H2,1H3. The van der Waals surface area contributed by atoms with E-state index in [1.165, 1.54) is 37.7 Å². The summed E-state index contributed by atoms with van der Waals surface area (Å²) in [5, 5.41) is 3.70. The van der Waals surface area contributed by atoms with Gasteiger partial charge in [-0.05, 0) is 48.6 Å². The lowest BCUT2D eigenvalue weighted by atomic mass is 9.95. The van der Waals surface area contributed by atoms with Gasteiger partial charge in [0.1, 0.15) is 17.0 Å². The summed E-state index contributed by atoms with van der Waals surface area (Å²) in [5.74, 6) is 1.02. The van der Waals surface area contributed by atoms with Gasteiger partial charge in [0, 0.05) is 35.9 Å². The number of hydrogen-bond acceptors (Lipinski definition) is 5. The van der Waals surface area contributed by atoms with Crippen LogP contribution in [0.1, 0.15) is 63.3 Å². The smallest absolute Gasteiger partial charge is 0.240 e. The fraction of sp³-hybridized carbons (Fsp3) is 0.355. The molecule has 0 spiro atoms. The lowest BCUT2D eigenvalue weighted by Gasteiger charge is -2.24. The van der Waals surface area contributed by atoms with Crippen LogP contribution in [0.25, 0.3) is 22.2 Å². The minimum absolute atomic E-state index is 0.452. The SMILES string of the molecule is CCCCc1nc2c(N=C=O)cc(NC3CCCCC3)cc2n1Cc1ccc(-c2ccccc2N)cc1. The molecule has 3 N–H and O–H groups in total. The van der Waals surface area contributed by atoms with E-state index in [1.807, 2.05) is 30.3 Å². The Labute approximate surface area is 218 Å². The zero-order chi connectivity index (χ0) is 25.6. The first-order valence-electron chi connectivity index (χ1n) is 13.5. The molecule has 1 saturated carbocycles. The number of hydrogen-bond donors (Lipinski definition) is 2. The highest BCUT2D eigenvalue weighted by molar-refractivity contribution is 5.92. The van der Waals surface area contributed by atoms with Crippen LogP contribution in [0, 0.1) is 0 Å². The van der Waals surface area contributed by atoms with Gasteiger partial charge in [-0.2, -0.15) is 4.99 Å². The summed E-state index contributed by atoms with van der Waals surface area (Å²) in [7, 11) is 0. The third-order valence-electron chi connectivity index (χ3n) is 7.38. The van der Waals surface area contributed by atoms with Crippen molar-refractivity contribution in [3.8, 4) is 11.1 Å². The molecule has 1 aliphatic carbocycles. The molecule has 37 heavy (non-hydrogen) atoms. The molecule has 0 bridgehead atoms. The molecular weight excluding hydrogens is 458 g/mol. The topological polar surface area (TPSA) is 85.3 Å². The van der Waals surface area contributed by atoms with Crippen LogP contribution in [0.15, 0.2) is 65.7 Å². The normalized spacial score (nSPS) is 14.0. The Hall–Kier alpha value is -3.89. The molecule has 3 aromatic carbocycles. The van der Waals surface area contributed by atoms with E-state index in [0.717, 1.165) is 58.6 Å². The van der Waals surface area contributed by atoms with E-state index in [4.69, 9.17) is 10.7 Å². The molecule has 0 atom stereocenters. The fourth-order valence-electron chi connectivity index (χ4n) is 5.39. The second-order valence-corrected chi connectivity index (χ2v) is 10.0. The first-order chi connectivity index (χ1) is 18.2.